The van der Waals surface area contributed by atoms with E-state index in [1.54, 1.807) is 0 Å². The average Bonchev–Trinajstić information content (AvgIpc) is 2.53. The highest BCUT2D eigenvalue weighted by atomic mass is 32.1. The molecule has 10 nitrogen and oxygen atoms in total. The van der Waals surface area contributed by atoms with E-state index in [1.165, 1.54) is 0 Å². The predicted octanol–water partition coefficient (Wildman–Crippen LogP) is -2.04. The standard InChI is InChI=1S/C15H28N4O6S/c1-19(2,3)6-7-25-13(21)8-17-14(22)11(9-26)18-12(20)5-4-10(16)15(23)24/h10-11H,4-9,16H2,1-3H3,(H3-,17,18,20,22,23,24,26)/p+1/t10-,11+/m1/s1. The molecule has 0 bridgehead atoms. The smallest absolute Gasteiger partial charge is 0.325 e. The Hall–Kier alpha value is -1.85. The second kappa shape index (κ2) is 11.7. The minimum atomic E-state index is -1.20. The Morgan fingerprint density at radius 3 is 2.35 bits per heavy atom. The van der Waals surface area contributed by atoms with Gasteiger partial charge < -0.3 is 30.7 Å². The number of aliphatic carboxylic acids is 1. The van der Waals surface area contributed by atoms with Crippen LogP contribution in [0.2, 0.25) is 0 Å². The Morgan fingerprint density at radius 1 is 1.23 bits per heavy atom. The Bertz CT molecular complexity index is 509. The molecule has 2 amide bonds. The largest absolute Gasteiger partial charge is 0.480 e. The molecular formula is C15H29N4O6S+. The Kier molecular flexibility index (Phi) is 10.9. The highest BCUT2D eigenvalue weighted by Crippen LogP contribution is 1.97. The number of carbonyl (C=O) groups is 4. The first kappa shape index (κ1) is 24.1. The van der Waals surface area contributed by atoms with Gasteiger partial charge in [0.2, 0.25) is 11.8 Å². The number of esters is 1. The van der Waals surface area contributed by atoms with E-state index in [4.69, 9.17) is 15.6 Å². The lowest BCUT2D eigenvalue weighted by atomic mass is 10.1. The Labute approximate surface area is 158 Å². The average molecular weight is 393 g/mol. The van der Waals surface area contributed by atoms with Crippen molar-refractivity contribution < 1.29 is 33.5 Å². The molecule has 2 atom stereocenters. The number of rotatable bonds is 12. The van der Waals surface area contributed by atoms with Gasteiger partial charge in [-0.25, -0.2) is 0 Å². The van der Waals surface area contributed by atoms with E-state index in [9.17, 15) is 19.2 Å². The molecule has 5 N–H and O–H groups in total. The number of nitrogens with one attached hydrogen (secondary N) is 2. The number of ether oxygens (including phenoxy) is 1. The van der Waals surface area contributed by atoms with Gasteiger partial charge in [-0.15, -0.1) is 0 Å². The first-order chi connectivity index (χ1) is 12.0. The molecule has 0 aliphatic heterocycles. The van der Waals surface area contributed by atoms with E-state index in [1.807, 2.05) is 21.1 Å². The lowest BCUT2D eigenvalue weighted by Gasteiger charge is -2.23. The summed E-state index contributed by atoms with van der Waals surface area (Å²) in [5.74, 6) is -2.88. The van der Waals surface area contributed by atoms with E-state index in [2.05, 4.69) is 23.3 Å². The summed E-state index contributed by atoms with van der Waals surface area (Å²) in [6.07, 6.45) is -0.196. The van der Waals surface area contributed by atoms with Crippen LogP contribution in [-0.4, -0.2) is 92.0 Å². The van der Waals surface area contributed by atoms with Gasteiger partial charge in [0.15, 0.2) is 0 Å². The van der Waals surface area contributed by atoms with Crippen LogP contribution in [0.15, 0.2) is 0 Å². The van der Waals surface area contributed by atoms with Crippen molar-refractivity contribution in [2.45, 2.75) is 24.9 Å². The van der Waals surface area contributed by atoms with Crippen LogP contribution in [0.1, 0.15) is 12.8 Å². The number of quaternary nitrogens is 1. The fourth-order valence-electron chi connectivity index (χ4n) is 1.64. The fraction of sp³-hybridized carbons (Fsp3) is 0.733. The van der Waals surface area contributed by atoms with Gasteiger partial charge in [0.1, 0.15) is 31.8 Å². The molecule has 0 aliphatic carbocycles. The van der Waals surface area contributed by atoms with Gasteiger partial charge >= 0.3 is 11.9 Å². The summed E-state index contributed by atoms with van der Waals surface area (Å²) in [6.45, 7) is 0.544. The molecule has 0 unspecified atom stereocenters. The minimum absolute atomic E-state index is 0.0130. The van der Waals surface area contributed by atoms with Gasteiger partial charge in [-0.2, -0.15) is 12.6 Å². The van der Waals surface area contributed by atoms with Crippen LogP contribution in [-0.2, 0) is 23.9 Å². The summed E-state index contributed by atoms with van der Waals surface area (Å²) in [7, 11) is 5.87. The zero-order valence-corrected chi connectivity index (χ0v) is 16.3. The van der Waals surface area contributed by atoms with Crippen molar-refractivity contribution in [3.63, 3.8) is 0 Å². The molecule has 0 aliphatic rings. The second-order valence-electron chi connectivity index (χ2n) is 6.74. The monoisotopic (exact) mass is 393 g/mol. The first-order valence-corrected chi connectivity index (χ1v) is 8.72. The van der Waals surface area contributed by atoms with Gasteiger partial charge in [-0.05, 0) is 6.42 Å². The van der Waals surface area contributed by atoms with Crippen LogP contribution in [0.5, 0.6) is 0 Å². The molecule has 0 aromatic carbocycles. The molecule has 0 radical (unpaired) electrons. The molecule has 150 valence electrons. The number of likely N-dealkylation sites (N-methyl/N-ethyl adjacent to an activating group) is 1. The number of carbonyl (C=O) groups excluding carboxylic acids is 3. The predicted molar refractivity (Wildman–Crippen MR) is 97.5 cm³/mol. The summed E-state index contributed by atoms with van der Waals surface area (Å²) in [5, 5.41) is 13.4. The SMILES string of the molecule is C[N+](C)(C)CCOC(=O)CNC(=O)[C@H](CS)NC(=O)CC[C@@H](N)C(=O)O. The van der Waals surface area contributed by atoms with E-state index in [0.29, 0.717) is 11.0 Å². The zero-order chi connectivity index (χ0) is 20.3. The molecule has 0 rings (SSSR count). The molecule has 0 spiro atoms. The van der Waals surface area contributed by atoms with Crippen molar-refractivity contribution in [2.24, 2.45) is 5.73 Å². The number of thiol groups is 1. The number of amides is 2. The van der Waals surface area contributed by atoms with Crippen LogP contribution in [0, 0.1) is 0 Å². The molecule has 0 aromatic rings. The molecule has 0 heterocycles. The summed E-state index contributed by atoms with van der Waals surface area (Å²) < 4.78 is 5.64. The van der Waals surface area contributed by atoms with Crippen LogP contribution >= 0.6 is 12.6 Å². The van der Waals surface area contributed by atoms with Crippen molar-refractivity contribution in [2.75, 3.05) is 46.6 Å². The molecule has 0 saturated carbocycles. The number of carboxylic acid groups (broad SMARTS) is 1. The lowest BCUT2D eigenvalue weighted by molar-refractivity contribution is -0.870. The third-order valence-electron chi connectivity index (χ3n) is 3.27. The Morgan fingerprint density at radius 2 is 1.85 bits per heavy atom. The fourth-order valence-corrected chi connectivity index (χ4v) is 1.89. The number of hydrogen-bond donors (Lipinski definition) is 5. The maximum atomic E-state index is 12.0. The quantitative estimate of drug-likeness (QED) is 0.146. The summed E-state index contributed by atoms with van der Waals surface area (Å²) in [4.78, 5) is 45.9. The van der Waals surface area contributed by atoms with Crippen molar-refractivity contribution in [1.29, 1.82) is 0 Å². The van der Waals surface area contributed by atoms with Crippen LogP contribution in [0.4, 0.5) is 0 Å². The molecule has 11 heteroatoms. The number of hydrogen-bond acceptors (Lipinski definition) is 7. The highest BCUT2D eigenvalue weighted by molar-refractivity contribution is 7.80. The van der Waals surface area contributed by atoms with Gasteiger partial charge in [-0.1, -0.05) is 0 Å². The topological polar surface area (TPSA) is 148 Å². The minimum Gasteiger partial charge on any atom is -0.480 e. The third kappa shape index (κ3) is 11.7. The van der Waals surface area contributed by atoms with Gasteiger partial charge in [0.05, 0.1) is 21.1 Å². The van der Waals surface area contributed by atoms with Crippen molar-refractivity contribution in [3.8, 4) is 0 Å². The second-order valence-corrected chi connectivity index (χ2v) is 7.10. The summed E-state index contributed by atoms with van der Waals surface area (Å²) >= 11 is 3.99. The van der Waals surface area contributed by atoms with Gasteiger partial charge in [0, 0.05) is 12.2 Å². The first-order valence-electron chi connectivity index (χ1n) is 8.08. The van der Waals surface area contributed by atoms with Crippen LogP contribution in [0.3, 0.4) is 0 Å². The van der Waals surface area contributed by atoms with Crippen LogP contribution in [0.25, 0.3) is 0 Å². The Balaban J connectivity index is 4.21. The van der Waals surface area contributed by atoms with Gasteiger partial charge in [-0.3, -0.25) is 19.2 Å². The van der Waals surface area contributed by atoms with E-state index < -0.39 is 35.8 Å². The maximum Gasteiger partial charge on any atom is 0.325 e. The molecule has 26 heavy (non-hydrogen) atoms. The van der Waals surface area contributed by atoms with Crippen LogP contribution < -0.4 is 16.4 Å². The lowest BCUT2D eigenvalue weighted by Crippen LogP contribution is -2.49. The number of nitrogens with zero attached hydrogens (tertiary/aromatic N) is 1. The van der Waals surface area contributed by atoms with E-state index in [0.717, 1.165) is 0 Å². The third-order valence-corrected chi connectivity index (χ3v) is 3.63. The number of nitrogens with two attached hydrogens (primary N) is 1. The van der Waals surface area contributed by atoms with E-state index >= 15 is 0 Å². The van der Waals surface area contributed by atoms with Crippen molar-refractivity contribution >= 4 is 36.4 Å². The number of carboxylic acids is 1. The summed E-state index contributed by atoms with van der Waals surface area (Å²) in [6, 6.07) is -2.10. The molecule has 0 fully saturated rings. The van der Waals surface area contributed by atoms with Crippen molar-refractivity contribution in [3.05, 3.63) is 0 Å². The molecule has 0 aromatic heterocycles. The summed E-state index contributed by atoms with van der Waals surface area (Å²) in [5.41, 5.74) is 5.31. The zero-order valence-electron chi connectivity index (χ0n) is 15.4. The van der Waals surface area contributed by atoms with Crippen molar-refractivity contribution in [1.82, 2.24) is 10.6 Å². The normalized spacial score (nSPS) is 13.4. The highest BCUT2D eigenvalue weighted by Gasteiger charge is 2.21. The molecule has 0 saturated heterocycles. The van der Waals surface area contributed by atoms with Gasteiger partial charge in [0.25, 0.3) is 0 Å². The van der Waals surface area contributed by atoms with E-state index in [-0.39, 0.29) is 31.7 Å². The molecular weight excluding hydrogens is 364 g/mol. The maximum absolute atomic E-state index is 12.0.